The molecule has 3 N–H and O–H groups in total. The van der Waals surface area contributed by atoms with Gasteiger partial charge in [0.15, 0.2) is 5.78 Å². The van der Waals surface area contributed by atoms with Crippen LogP contribution < -0.4 is 15.8 Å². The van der Waals surface area contributed by atoms with E-state index in [4.69, 9.17) is 10.5 Å². The highest BCUT2D eigenvalue weighted by Gasteiger charge is 2.27. The summed E-state index contributed by atoms with van der Waals surface area (Å²) >= 11 is 0. The van der Waals surface area contributed by atoms with Crippen molar-refractivity contribution in [1.82, 2.24) is 5.32 Å². The minimum atomic E-state index is -0.579. The molecule has 0 spiro atoms. The largest absolute Gasteiger partial charge is 0.486 e. The van der Waals surface area contributed by atoms with E-state index in [0.717, 1.165) is 44.1 Å². The molecular weight excluding hydrogens is 335 g/mol. The molecule has 1 aromatic carbocycles. The second-order valence-corrected chi connectivity index (χ2v) is 7.05. The van der Waals surface area contributed by atoms with E-state index in [1.807, 2.05) is 0 Å². The van der Waals surface area contributed by atoms with Crippen LogP contribution in [0.4, 0.5) is 4.39 Å². The third kappa shape index (κ3) is 6.41. The van der Waals surface area contributed by atoms with Crippen molar-refractivity contribution in [2.24, 2.45) is 11.7 Å². The van der Waals surface area contributed by atoms with E-state index < -0.39 is 11.9 Å². The molecule has 5 nitrogen and oxygen atoms in total. The topological polar surface area (TPSA) is 81.4 Å². The number of amides is 1. The van der Waals surface area contributed by atoms with Crippen LogP contribution in [-0.4, -0.2) is 30.9 Å². The average molecular weight is 364 g/mol. The van der Waals surface area contributed by atoms with E-state index in [-0.39, 0.29) is 24.2 Å². The van der Waals surface area contributed by atoms with Gasteiger partial charge in [-0.05, 0) is 63.3 Å². The first-order chi connectivity index (χ1) is 12.5. The highest BCUT2D eigenvalue weighted by molar-refractivity contribution is 5.90. The normalized spacial score (nSPS) is 15.7. The number of halogens is 1. The highest BCUT2D eigenvalue weighted by Crippen LogP contribution is 2.25. The molecule has 2 rings (SSSR count). The molecule has 1 saturated carbocycles. The Morgan fingerprint density at radius 2 is 2.00 bits per heavy atom. The molecule has 6 heteroatoms. The maximum absolute atomic E-state index is 13.4. The summed E-state index contributed by atoms with van der Waals surface area (Å²) in [6.07, 6.45) is 5.99. The Hall–Kier alpha value is -1.95. The van der Waals surface area contributed by atoms with Gasteiger partial charge in [0.1, 0.15) is 18.2 Å². The highest BCUT2D eigenvalue weighted by atomic mass is 19.1. The third-order valence-electron chi connectivity index (χ3n) is 4.77. The van der Waals surface area contributed by atoms with Gasteiger partial charge in [-0.25, -0.2) is 4.39 Å². The second-order valence-electron chi connectivity index (χ2n) is 7.05. The Morgan fingerprint density at radius 3 is 2.65 bits per heavy atom. The SMILES string of the molecule is Cc1cc(F)cc(OCC(=O)C(CCCCN)NC(=O)C2CCCC2)c1. The maximum Gasteiger partial charge on any atom is 0.223 e. The Morgan fingerprint density at radius 1 is 1.27 bits per heavy atom. The Bertz CT molecular complexity index is 595. The summed E-state index contributed by atoms with van der Waals surface area (Å²) < 4.78 is 18.9. The lowest BCUT2D eigenvalue weighted by atomic mass is 10.0. The number of unbranched alkanes of at least 4 members (excludes halogenated alkanes) is 1. The number of aryl methyl sites for hydroxylation is 1. The van der Waals surface area contributed by atoms with Crippen molar-refractivity contribution in [2.75, 3.05) is 13.2 Å². The predicted molar refractivity (Wildman–Crippen MR) is 98.4 cm³/mol. The number of nitrogens with one attached hydrogen (secondary N) is 1. The summed E-state index contributed by atoms with van der Waals surface area (Å²) in [7, 11) is 0. The number of nitrogens with two attached hydrogens (primary N) is 1. The zero-order chi connectivity index (χ0) is 18.9. The summed E-state index contributed by atoms with van der Waals surface area (Å²) in [6, 6.07) is 3.74. The minimum absolute atomic E-state index is 0.00611. The predicted octanol–water partition coefficient (Wildman–Crippen LogP) is 2.89. The van der Waals surface area contributed by atoms with Crippen molar-refractivity contribution >= 4 is 11.7 Å². The number of rotatable bonds is 10. The van der Waals surface area contributed by atoms with Crippen molar-refractivity contribution in [3.8, 4) is 5.75 Å². The molecule has 0 aliphatic heterocycles. The van der Waals surface area contributed by atoms with E-state index >= 15 is 0 Å². The van der Waals surface area contributed by atoms with Gasteiger partial charge < -0.3 is 15.8 Å². The lowest BCUT2D eigenvalue weighted by molar-refractivity contribution is -0.131. The van der Waals surface area contributed by atoms with Crippen LogP contribution in [0, 0.1) is 18.7 Å². The molecule has 0 bridgehead atoms. The molecular formula is C20H29FN2O3. The average Bonchev–Trinajstić information content (AvgIpc) is 3.13. The molecule has 1 aromatic rings. The molecule has 0 aromatic heterocycles. The van der Waals surface area contributed by atoms with E-state index in [1.54, 1.807) is 13.0 Å². The molecule has 1 amide bonds. The zero-order valence-corrected chi connectivity index (χ0v) is 15.4. The molecule has 1 aliphatic carbocycles. The lowest BCUT2D eigenvalue weighted by Crippen LogP contribution is -2.45. The first-order valence-corrected chi connectivity index (χ1v) is 9.42. The fourth-order valence-electron chi connectivity index (χ4n) is 3.33. The standard InChI is InChI=1S/C20H29FN2O3/c1-14-10-16(21)12-17(11-14)26-13-19(24)18(8-4-5-9-22)23-20(25)15-6-2-3-7-15/h10-12,15,18H,2-9,13,22H2,1H3,(H,23,25). The minimum Gasteiger partial charge on any atom is -0.486 e. The number of Topliss-reactive ketones (excluding diaryl/α,β-unsaturated/α-hetero) is 1. The molecule has 0 radical (unpaired) electrons. The molecule has 0 saturated heterocycles. The molecule has 26 heavy (non-hydrogen) atoms. The van der Waals surface area contributed by atoms with Gasteiger partial charge >= 0.3 is 0 Å². The summed E-state index contributed by atoms with van der Waals surface area (Å²) in [5, 5.41) is 2.89. The van der Waals surface area contributed by atoms with E-state index in [0.29, 0.717) is 18.7 Å². The van der Waals surface area contributed by atoms with Gasteiger partial charge in [-0.2, -0.15) is 0 Å². The maximum atomic E-state index is 13.4. The number of hydrogen-bond donors (Lipinski definition) is 2. The number of hydrogen-bond acceptors (Lipinski definition) is 4. The number of ether oxygens (including phenoxy) is 1. The summed E-state index contributed by atoms with van der Waals surface area (Å²) in [5.41, 5.74) is 6.25. The van der Waals surface area contributed by atoms with Crippen LogP contribution >= 0.6 is 0 Å². The first kappa shape index (κ1) is 20.4. The van der Waals surface area contributed by atoms with Gasteiger partial charge in [0.25, 0.3) is 0 Å². The van der Waals surface area contributed by atoms with Gasteiger partial charge in [-0.15, -0.1) is 0 Å². The quantitative estimate of drug-likeness (QED) is 0.626. The summed E-state index contributed by atoms with van der Waals surface area (Å²) in [6.45, 7) is 2.12. The van der Waals surface area contributed by atoms with Gasteiger partial charge in [0.05, 0.1) is 6.04 Å². The fourth-order valence-corrected chi connectivity index (χ4v) is 3.33. The summed E-state index contributed by atoms with van der Waals surface area (Å²) in [5.74, 6) is -0.322. The van der Waals surface area contributed by atoms with Crippen LogP contribution in [0.1, 0.15) is 50.5 Å². The fraction of sp³-hybridized carbons (Fsp3) is 0.600. The van der Waals surface area contributed by atoms with Crippen molar-refractivity contribution in [3.05, 3.63) is 29.6 Å². The van der Waals surface area contributed by atoms with Gasteiger partial charge in [-0.1, -0.05) is 12.8 Å². The van der Waals surface area contributed by atoms with Crippen LogP contribution in [0.25, 0.3) is 0 Å². The third-order valence-corrected chi connectivity index (χ3v) is 4.77. The van der Waals surface area contributed by atoms with Crippen molar-refractivity contribution in [3.63, 3.8) is 0 Å². The Balaban J connectivity index is 1.93. The summed E-state index contributed by atoms with van der Waals surface area (Å²) in [4.78, 5) is 24.9. The number of ketones is 1. The monoisotopic (exact) mass is 364 g/mol. The van der Waals surface area contributed by atoms with Crippen LogP contribution in [0.2, 0.25) is 0 Å². The molecule has 1 unspecified atom stereocenters. The van der Waals surface area contributed by atoms with Gasteiger partial charge in [0, 0.05) is 12.0 Å². The molecule has 1 aliphatic rings. The van der Waals surface area contributed by atoms with Gasteiger partial charge in [-0.3, -0.25) is 9.59 Å². The molecule has 0 heterocycles. The van der Waals surface area contributed by atoms with Crippen LogP contribution in [0.5, 0.6) is 5.75 Å². The molecule has 1 atom stereocenters. The van der Waals surface area contributed by atoms with Crippen LogP contribution in [0.3, 0.4) is 0 Å². The van der Waals surface area contributed by atoms with Crippen molar-refractivity contribution < 1.29 is 18.7 Å². The van der Waals surface area contributed by atoms with Gasteiger partial charge in [0.2, 0.25) is 5.91 Å². The number of benzene rings is 1. The van der Waals surface area contributed by atoms with Crippen molar-refractivity contribution in [2.45, 2.75) is 57.9 Å². The lowest BCUT2D eigenvalue weighted by Gasteiger charge is -2.20. The smallest absolute Gasteiger partial charge is 0.223 e. The van der Waals surface area contributed by atoms with E-state index in [2.05, 4.69) is 5.32 Å². The van der Waals surface area contributed by atoms with Crippen LogP contribution in [-0.2, 0) is 9.59 Å². The van der Waals surface area contributed by atoms with Crippen LogP contribution in [0.15, 0.2) is 18.2 Å². The molecule has 144 valence electrons. The number of carbonyl (C=O) groups excluding carboxylic acids is 2. The number of carbonyl (C=O) groups is 2. The second kappa shape index (κ2) is 10.3. The van der Waals surface area contributed by atoms with Crippen molar-refractivity contribution in [1.29, 1.82) is 0 Å². The first-order valence-electron chi connectivity index (χ1n) is 9.42. The zero-order valence-electron chi connectivity index (χ0n) is 15.4. The Labute approximate surface area is 154 Å². The van der Waals surface area contributed by atoms with E-state index in [1.165, 1.54) is 12.1 Å². The Kier molecular flexibility index (Phi) is 8.04. The van der Waals surface area contributed by atoms with E-state index in [9.17, 15) is 14.0 Å². The molecule has 1 fully saturated rings.